The van der Waals surface area contributed by atoms with E-state index < -0.39 is 23.1 Å². The lowest BCUT2D eigenvalue weighted by Crippen LogP contribution is -1.98. The average Bonchev–Trinajstić information content (AvgIpc) is 2.02. The van der Waals surface area contributed by atoms with Crippen LogP contribution in [0.2, 0.25) is 0 Å². The second kappa shape index (κ2) is 4.07. The number of hydrogen-bond acceptors (Lipinski definition) is 4. The van der Waals surface area contributed by atoms with Crippen LogP contribution < -0.4 is 0 Å². The lowest BCUT2D eigenvalue weighted by molar-refractivity contribution is -0.132. The fourth-order valence-electron chi connectivity index (χ4n) is 0.367. The molecule has 0 aromatic heterocycles. The highest BCUT2D eigenvalue weighted by molar-refractivity contribution is 5.89. The van der Waals surface area contributed by atoms with E-state index in [9.17, 15) is 4.79 Å². The molecule has 0 radical (unpaired) electrons. The molecule has 66 valence electrons. The molecule has 0 bridgehead atoms. The fourth-order valence-corrected chi connectivity index (χ4v) is 0.367. The maximum Gasteiger partial charge on any atom is 0.335 e. The van der Waals surface area contributed by atoms with Gasteiger partial charge in [-0.25, -0.2) is 4.79 Å². The van der Waals surface area contributed by atoms with E-state index in [0.29, 0.717) is 6.08 Å². The van der Waals surface area contributed by atoms with E-state index in [1.807, 2.05) is 0 Å². The van der Waals surface area contributed by atoms with Crippen LogP contribution in [0, 0.1) is 0 Å². The Labute approximate surface area is 68.2 Å². The van der Waals surface area contributed by atoms with Gasteiger partial charge in [-0.3, -0.25) is 0 Å². The van der Waals surface area contributed by atoms with Crippen LogP contribution in [0.4, 0.5) is 0 Å². The third-order valence-corrected chi connectivity index (χ3v) is 0.970. The first-order valence-corrected chi connectivity index (χ1v) is 2.85. The first-order valence-electron chi connectivity index (χ1n) is 2.85. The van der Waals surface area contributed by atoms with Crippen LogP contribution in [-0.2, 0) is 4.79 Å². The van der Waals surface area contributed by atoms with Crippen LogP contribution >= 0.6 is 0 Å². The van der Waals surface area contributed by atoms with Crippen LogP contribution in [0.25, 0.3) is 0 Å². The highest BCUT2D eigenvalue weighted by Crippen LogP contribution is 2.05. The summed E-state index contributed by atoms with van der Waals surface area (Å²) >= 11 is 0. The third kappa shape index (κ3) is 2.78. The fraction of sp³-hybridized carbons (Fsp3) is 0. The van der Waals surface area contributed by atoms with Crippen molar-refractivity contribution in [3.05, 3.63) is 36.0 Å². The molecule has 0 rings (SSSR count). The summed E-state index contributed by atoms with van der Waals surface area (Å²) in [7, 11) is 0. The number of carbonyl (C=O) groups is 1. The van der Waals surface area contributed by atoms with Gasteiger partial charge in [-0.1, -0.05) is 6.58 Å². The molecule has 0 atom stereocenters. The summed E-state index contributed by atoms with van der Waals surface area (Å²) < 4.78 is 0. The van der Waals surface area contributed by atoms with Gasteiger partial charge in [0.25, 0.3) is 0 Å². The van der Waals surface area contributed by atoms with Crippen LogP contribution in [0.15, 0.2) is 36.0 Å². The maximum atomic E-state index is 10.1. The Morgan fingerprint density at radius 1 is 1.17 bits per heavy atom. The monoisotopic (exact) mass is 172 g/mol. The summed E-state index contributed by atoms with van der Waals surface area (Å²) in [6, 6.07) is 0. The van der Waals surface area contributed by atoms with Gasteiger partial charge in [0.05, 0.1) is 5.57 Å². The predicted molar refractivity (Wildman–Crippen MR) is 40.8 cm³/mol. The minimum atomic E-state index is -1.33. The number of aliphatic hydroxyl groups is 3. The van der Waals surface area contributed by atoms with E-state index in [1.54, 1.807) is 0 Å². The molecule has 0 fully saturated rings. The summed E-state index contributed by atoms with van der Waals surface area (Å²) in [5.41, 5.74) is -0.402. The molecule has 0 spiro atoms. The highest BCUT2D eigenvalue weighted by Gasteiger charge is 2.05. The predicted octanol–water partition coefficient (Wildman–Crippen LogP) is 1.03. The topological polar surface area (TPSA) is 98.0 Å². The second-order valence-corrected chi connectivity index (χ2v) is 1.87. The van der Waals surface area contributed by atoms with Gasteiger partial charge in [-0.2, -0.15) is 0 Å². The zero-order chi connectivity index (χ0) is 9.72. The van der Waals surface area contributed by atoms with Crippen molar-refractivity contribution in [1.82, 2.24) is 0 Å². The largest absolute Gasteiger partial charge is 0.512 e. The molecule has 0 aliphatic carbocycles. The van der Waals surface area contributed by atoms with Gasteiger partial charge >= 0.3 is 5.97 Å². The van der Waals surface area contributed by atoms with Crippen molar-refractivity contribution in [2.24, 2.45) is 0 Å². The lowest BCUT2D eigenvalue weighted by atomic mass is 10.2. The summed E-state index contributed by atoms with van der Waals surface area (Å²) in [5.74, 6) is -2.91. The van der Waals surface area contributed by atoms with Gasteiger partial charge in [-0.15, -0.1) is 0 Å². The molecule has 0 heterocycles. The average molecular weight is 172 g/mol. The second-order valence-electron chi connectivity index (χ2n) is 1.87. The van der Waals surface area contributed by atoms with Crippen LogP contribution in [0.1, 0.15) is 0 Å². The SMILES string of the molecule is C=C(/C=C(O)\C(O)=C\O)C(=O)O. The Balaban J connectivity index is 4.58. The number of carboxylic acid groups (broad SMARTS) is 1. The minimum Gasteiger partial charge on any atom is -0.512 e. The van der Waals surface area contributed by atoms with Gasteiger partial charge in [0, 0.05) is 0 Å². The molecule has 0 aliphatic heterocycles. The van der Waals surface area contributed by atoms with Crippen molar-refractivity contribution >= 4 is 5.97 Å². The first kappa shape index (κ1) is 10.1. The Bertz CT molecular complexity index is 261. The normalized spacial score (nSPS) is 12.7. The molecular formula is C7H8O5. The van der Waals surface area contributed by atoms with Crippen molar-refractivity contribution < 1.29 is 25.2 Å². The van der Waals surface area contributed by atoms with Gasteiger partial charge in [-0.05, 0) is 6.08 Å². The van der Waals surface area contributed by atoms with E-state index in [1.165, 1.54) is 0 Å². The smallest absolute Gasteiger partial charge is 0.335 e. The minimum absolute atomic E-state index is 0.237. The molecule has 0 unspecified atom stereocenters. The number of carboxylic acids is 1. The summed E-state index contributed by atoms with van der Waals surface area (Å²) in [6.07, 6.45) is 0.950. The third-order valence-electron chi connectivity index (χ3n) is 0.970. The molecule has 5 nitrogen and oxygen atoms in total. The summed E-state index contributed by atoms with van der Waals surface area (Å²) in [6.45, 7) is 3.05. The van der Waals surface area contributed by atoms with Gasteiger partial charge in [0.2, 0.25) is 0 Å². The molecular weight excluding hydrogens is 164 g/mol. The number of hydrogen-bond donors (Lipinski definition) is 4. The van der Waals surface area contributed by atoms with E-state index in [0.717, 1.165) is 0 Å². The molecule has 0 saturated heterocycles. The molecule has 12 heavy (non-hydrogen) atoms. The van der Waals surface area contributed by atoms with Crippen molar-refractivity contribution in [1.29, 1.82) is 0 Å². The molecule has 0 aliphatic rings. The molecule has 5 heteroatoms. The quantitative estimate of drug-likeness (QED) is 0.289. The van der Waals surface area contributed by atoms with Gasteiger partial charge in [0.15, 0.2) is 11.5 Å². The highest BCUT2D eigenvalue weighted by atomic mass is 16.4. The van der Waals surface area contributed by atoms with E-state index >= 15 is 0 Å². The molecule has 0 aromatic carbocycles. The Morgan fingerprint density at radius 2 is 1.67 bits per heavy atom. The molecule has 0 amide bonds. The Hall–Kier alpha value is -1.91. The Kier molecular flexibility index (Phi) is 3.42. The lowest BCUT2D eigenvalue weighted by Gasteiger charge is -1.96. The maximum absolute atomic E-state index is 10.1. The van der Waals surface area contributed by atoms with Gasteiger partial charge < -0.3 is 20.4 Å². The zero-order valence-electron chi connectivity index (χ0n) is 6.06. The number of rotatable bonds is 3. The zero-order valence-corrected chi connectivity index (χ0v) is 6.06. The number of aliphatic hydroxyl groups excluding tert-OH is 3. The molecule has 4 N–H and O–H groups in total. The van der Waals surface area contributed by atoms with Crippen LogP contribution in [-0.4, -0.2) is 26.4 Å². The van der Waals surface area contributed by atoms with Crippen molar-refractivity contribution in [3.8, 4) is 0 Å². The number of aliphatic carboxylic acids is 1. The molecule has 0 aromatic rings. The summed E-state index contributed by atoms with van der Waals surface area (Å²) in [4.78, 5) is 10.1. The van der Waals surface area contributed by atoms with Crippen molar-refractivity contribution in [2.45, 2.75) is 0 Å². The molecule has 0 saturated carbocycles. The van der Waals surface area contributed by atoms with E-state index in [4.69, 9.17) is 20.4 Å². The summed E-state index contributed by atoms with van der Waals surface area (Å²) in [5, 5.41) is 33.8. The van der Waals surface area contributed by atoms with Crippen molar-refractivity contribution in [2.75, 3.05) is 0 Å². The standard InChI is InChI=1S/C7H8O5/c1-4(7(11)12)2-5(9)6(10)3-8/h2-3,8-10H,1H2,(H,11,12)/b5-2+,6-3-. The van der Waals surface area contributed by atoms with Crippen LogP contribution in [0.3, 0.4) is 0 Å². The van der Waals surface area contributed by atoms with E-state index in [2.05, 4.69) is 6.58 Å². The van der Waals surface area contributed by atoms with Crippen molar-refractivity contribution in [3.63, 3.8) is 0 Å². The van der Waals surface area contributed by atoms with Gasteiger partial charge in [0.1, 0.15) is 6.26 Å². The first-order chi connectivity index (χ1) is 5.49. The van der Waals surface area contributed by atoms with E-state index in [-0.39, 0.29) is 6.26 Å². The Morgan fingerprint density at radius 3 is 2.00 bits per heavy atom. The van der Waals surface area contributed by atoms with Crippen LogP contribution in [0.5, 0.6) is 0 Å².